The second-order valence-electron chi connectivity index (χ2n) is 32.5. The van der Waals surface area contributed by atoms with Crippen LogP contribution in [-0.2, 0) is 22.6 Å². The van der Waals surface area contributed by atoms with Crippen molar-refractivity contribution in [2.24, 2.45) is 0 Å². The first-order chi connectivity index (χ1) is 55.4. The fourth-order valence-electron chi connectivity index (χ4n) is 14.4. The van der Waals surface area contributed by atoms with E-state index in [1.54, 1.807) is 0 Å². The number of carbonyl (C=O) groups excluding carboxylic acids is 2. The minimum Gasteiger partial charge on any atom is -0.490 e. The Morgan fingerprint density at radius 1 is 0.232 bits per heavy atom. The van der Waals surface area contributed by atoms with Crippen LogP contribution < -0.4 is 39.1 Å². The number of unbranched alkanes of at least 4 members (excludes halogenated alkanes) is 58. The molecule has 0 bridgehead atoms. The quantitative estimate of drug-likeness (QED) is 0.0487. The highest BCUT2D eigenvalue weighted by atomic mass is 16.6. The van der Waals surface area contributed by atoms with Gasteiger partial charge in [-0.1, -0.05) is 400 Å². The Hall–Kier alpha value is -5.10. The van der Waals surface area contributed by atoms with E-state index in [1.165, 1.54) is 308 Å². The summed E-state index contributed by atoms with van der Waals surface area (Å²) >= 11 is 0. The van der Waals surface area contributed by atoms with Gasteiger partial charge >= 0.3 is 12.2 Å². The van der Waals surface area contributed by atoms with Gasteiger partial charge in [0.1, 0.15) is 0 Å². The van der Waals surface area contributed by atoms with E-state index >= 15 is 0 Å². The van der Waals surface area contributed by atoms with Gasteiger partial charge in [-0.3, -0.25) is 0 Å². The molecule has 112 heavy (non-hydrogen) atoms. The Morgan fingerprint density at radius 2 is 0.411 bits per heavy atom. The third kappa shape index (κ3) is 65.1. The predicted octanol–water partition coefficient (Wildman–Crippen LogP) is 31.0. The van der Waals surface area contributed by atoms with Crippen molar-refractivity contribution in [2.45, 2.75) is 478 Å². The number of rotatable bonds is 84. The van der Waals surface area contributed by atoms with E-state index in [9.17, 15) is 9.59 Å². The van der Waals surface area contributed by atoms with Crippen LogP contribution in [-0.4, -0.2) is 65.0 Å². The number of amides is 2. The van der Waals surface area contributed by atoms with Crippen LogP contribution in [0.25, 0.3) is 0 Å². The van der Waals surface area contributed by atoms with E-state index in [2.05, 4.69) is 75.9 Å². The van der Waals surface area contributed by atoms with Crippen LogP contribution in [0.15, 0.2) is 24.3 Å². The van der Waals surface area contributed by atoms with Gasteiger partial charge in [0.15, 0.2) is 23.0 Å². The smallest absolute Gasteiger partial charge is 0.407 e. The molecule has 0 saturated heterocycles. The van der Waals surface area contributed by atoms with Gasteiger partial charge in [-0.25, -0.2) is 9.59 Å². The number of hydrogen-bond donors (Lipinski definition) is 2. The molecule has 0 atom stereocenters. The van der Waals surface area contributed by atoms with Crippen molar-refractivity contribution in [1.29, 1.82) is 0 Å². The molecule has 0 unspecified atom stereocenters. The zero-order chi connectivity index (χ0) is 80.2. The largest absolute Gasteiger partial charge is 0.490 e. The fourth-order valence-corrected chi connectivity index (χ4v) is 14.4. The number of carbonyl (C=O) groups is 2. The molecule has 2 aromatic rings. The van der Waals surface area contributed by atoms with Crippen LogP contribution in [0, 0.1) is 23.7 Å². The molecule has 0 heterocycles. The van der Waals surface area contributed by atoms with Crippen molar-refractivity contribution in [2.75, 3.05) is 52.9 Å². The SMILES string of the molecule is CCCCCCCCCCCCOc1cc(CNC(=O)OCCCCC#CC#CCCCCOC(=O)NCc2cc(OCCCCCCCCCCCC)c(OCCCCCCCCCCCC)c(OCCCCCCCCCCCC)c2)cc(OCCCCCCCCCCCC)c1OCCCCCCCCCCCC. The highest BCUT2D eigenvalue weighted by molar-refractivity contribution is 5.68. The van der Waals surface area contributed by atoms with Gasteiger partial charge in [-0.15, -0.1) is 0 Å². The molecule has 0 spiro atoms. The van der Waals surface area contributed by atoms with Crippen LogP contribution in [0.3, 0.4) is 0 Å². The molecule has 646 valence electrons. The zero-order valence-electron chi connectivity index (χ0n) is 74.1. The second-order valence-corrected chi connectivity index (χ2v) is 32.5. The van der Waals surface area contributed by atoms with Crippen LogP contribution in [0.2, 0.25) is 0 Å². The van der Waals surface area contributed by atoms with Crippen LogP contribution in [0.1, 0.15) is 476 Å². The Balaban J connectivity index is 1.98. The number of ether oxygens (including phenoxy) is 8. The van der Waals surface area contributed by atoms with Crippen LogP contribution in [0.5, 0.6) is 34.5 Å². The van der Waals surface area contributed by atoms with Crippen molar-refractivity contribution in [3.05, 3.63) is 35.4 Å². The van der Waals surface area contributed by atoms with Crippen molar-refractivity contribution in [3.63, 3.8) is 0 Å². The summed E-state index contributed by atoms with van der Waals surface area (Å²) in [6.45, 7) is 18.5. The maximum Gasteiger partial charge on any atom is 0.407 e. The van der Waals surface area contributed by atoms with Gasteiger partial charge < -0.3 is 48.5 Å². The summed E-state index contributed by atoms with van der Waals surface area (Å²) in [5.74, 6) is 16.5. The van der Waals surface area contributed by atoms with Crippen molar-refractivity contribution >= 4 is 12.2 Å². The molecule has 12 heteroatoms. The summed E-state index contributed by atoms with van der Waals surface area (Å²) in [6.07, 6.45) is 79.5. The molecule has 0 fully saturated rings. The van der Waals surface area contributed by atoms with E-state index in [4.69, 9.17) is 37.9 Å². The van der Waals surface area contributed by atoms with E-state index < -0.39 is 12.2 Å². The molecule has 2 aromatic carbocycles. The van der Waals surface area contributed by atoms with Crippen molar-refractivity contribution in [1.82, 2.24) is 10.6 Å². The summed E-state index contributed by atoms with van der Waals surface area (Å²) < 4.78 is 51.0. The molecule has 2 rings (SSSR count). The first-order valence-corrected chi connectivity index (χ1v) is 48.3. The lowest BCUT2D eigenvalue weighted by atomic mass is 10.1. The third-order valence-corrected chi connectivity index (χ3v) is 21.6. The Kier molecular flexibility index (Phi) is 75.8. The lowest BCUT2D eigenvalue weighted by Gasteiger charge is -2.19. The van der Waals surface area contributed by atoms with E-state index in [0.717, 1.165) is 101 Å². The molecule has 0 aromatic heterocycles. The number of hydrogen-bond acceptors (Lipinski definition) is 10. The van der Waals surface area contributed by atoms with E-state index in [0.29, 0.717) is 113 Å². The number of benzene rings is 2. The van der Waals surface area contributed by atoms with Gasteiger partial charge in [0.05, 0.1) is 52.9 Å². The molecule has 2 amide bonds. The maximum absolute atomic E-state index is 13.1. The average Bonchev–Trinajstić information content (AvgIpc) is 0.831. The minimum atomic E-state index is -0.450. The van der Waals surface area contributed by atoms with Gasteiger partial charge in [0, 0.05) is 25.9 Å². The summed E-state index contributed by atoms with van der Waals surface area (Å²) in [6, 6.07) is 8.11. The predicted molar refractivity (Wildman–Crippen MR) is 477 cm³/mol. The van der Waals surface area contributed by atoms with Crippen molar-refractivity contribution in [3.8, 4) is 58.2 Å². The summed E-state index contributed by atoms with van der Waals surface area (Å²) in [5.41, 5.74) is 1.79. The summed E-state index contributed by atoms with van der Waals surface area (Å²) in [7, 11) is 0. The Labute approximate surface area is 691 Å². The van der Waals surface area contributed by atoms with Crippen LogP contribution in [0.4, 0.5) is 9.59 Å². The first-order valence-electron chi connectivity index (χ1n) is 48.3. The molecule has 0 aliphatic rings. The summed E-state index contributed by atoms with van der Waals surface area (Å²) in [5, 5.41) is 6.00. The fraction of sp³-hybridized carbons (Fsp3) is 0.820. The highest BCUT2D eigenvalue weighted by Crippen LogP contribution is 2.41. The number of alkyl carbamates (subject to hydrolysis) is 2. The van der Waals surface area contributed by atoms with Crippen LogP contribution >= 0.6 is 0 Å². The standard InChI is InChI=1S/C100H176N2O10/c1-7-13-19-25-31-37-45-53-61-69-77-105-93-85-91(86-94(106-78-70-62-54-46-38-32-26-20-14-8-2)97(93)109-81-73-65-57-49-41-35-29-23-17-11-5)89-101-99(103)111-83-75-67-59-51-43-44-52-60-68-76-84-112-100(104)102-90-92-87-95(107-79-71-63-55-47-39-33-27-21-15-9-3)98(110-82-74-66-58-50-42-36-30-24-18-12-6)96(88-92)108-80-72-64-56-48-40-34-28-22-16-10-4/h85-88H,7-42,45-50,53-84,89-90H2,1-6H3,(H,101,103)(H,102,104). The molecule has 2 N–H and O–H groups in total. The van der Waals surface area contributed by atoms with Gasteiger partial charge in [-0.2, -0.15) is 0 Å². The van der Waals surface area contributed by atoms with E-state index in [1.807, 2.05) is 24.3 Å². The second kappa shape index (κ2) is 82.4. The lowest BCUT2D eigenvalue weighted by Crippen LogP contribution is -2.24. The Bertz CT molecular complexity index is 2270. The molecular formula is C100H176N2O10. The molecule has 0 aliphatic carbocycles. The first kappa shape index (κ1) is 103. The monoisotopic (exact) mass is 1570 g/mol. The summed E-state index contributed by atoms with van der Waals surface area (Å²) in [4.78, 5) is 26.3. The normalized spacial score (nSPS) is 11.1. The molecular weight excluding hydrogens is 1390 g/mol. The zero-order valence-corrected chi connectivity index (χ0v) is 74.1. The molecule has 0 aliphatic heterocycles. The lowest BCUT2D eigenvalue weighted by molar-refractivity contribution is 0.143. The Morgan fingerprint density at radius 3 is 0.616 bits per heavy atom. The highest BCUT2D eigenvalue weighted by Gasteiger charge is 2.20. The van der Waals surface area contributed by atoms with Gasteiger partial charge in [0.2, 0.25) is 11.5 Å². The molecule has 0 radical (unpaired) electrons. The number of nitrogens with one attached hydrogen (secondary N) is 2. The average molecular weight is 1570 g/mol. The molecule has 12 nitrogen and oxygen atoms in total. The van der Waals surface area contributed by atoms with Crippen molar-refractivity contribution < 1.29 is 47.5 Å². The maximum atomic E-state index is 13.1. The topological polar surface area (TPSA) is 132 Å². The van der Waals surface area contributed by atoms with E-state index in [-0.39, 0.29) is 13.1 Å². The molecule has 0 saturated carbocycles. The van der Waals surface area contributed by atoms with Gasteiger partial charge in [0.25, 0.3) is 0 Å². The third-order valence-electron chi connectivity index (χ3n) is 21.6. The minimum absolute atomic E-state index is 0.284. The van der Waals surface area contributed by atoms with Gasteiger partial charge in [-0.05, 0) is 111 Å².